The minimum atomic E-state index is -0.640. The molecule has 0 aliphatic rings. The molecule has 0 aliphatic carbocycles. The van der Waals surface area contributed by atoms with Gasteiger partial charge in [-0.05, 0) is 55.3 Å². The molecule has 0 saturated carbocycles. The van der Waals surface area contributed by atoms with Gasteiger partial charge in [-0.2, -0.15) is 5.26 Å². The number of nitriles is 1. The molecule has 1 amide bonds. The summed E-state index contributed by atoms with van der Waals surface area (Å²) in [6, 6.07) is 17.4. The van der Waals surface area contributed by atoms with Gasteiger partial charge in [0.05, 0.1) is 58.9 Å². The zero-order chi connectivity index (χ0) is 26.3. The summed E-state index contributed by atoms with van der Waals surface area (Å²) < 4.78 is 7.91. The lowest BCUT2D eigenvalue weighted by Crippen LogP contribution is -2.21. The van der Waals surface area contributed by atoms with Crippen molar-refractivity contribution in [1.29, 1.82) is 5.26 Å². The van der Waals surface area contributed by atoms with Gasteiger partial charge < -0.3 is 4.74 Å². The van der Waals surface area contributed by atoms with E-state index in [0.29, 0.717) is 16.9 Å². The Kier molecular flexibility index (Phi) is 5.72. The molecule has 0 atom stereocenters. The van der Waals surface area contributed by atoms with Crippen LogP contribution in [0, 0.1) is 11.3 Å². The molecule has 0 saturated heterocycles. The number of carbonyl (C=O) groups excluding carboxylic acids is 1. The molecule has 0 spiro atoms. The van der Waals surface area contributed by atoms with Crippen LogP contribution >= 0.6 is 0 Å². The number of carbonyl (C=O) groups is 1. The van der Waals surface area contributed by atoms with Gasteiger partial charge in [0.15, 0.2) is 0 Å². The van der Waals surface area contributed by atoms with E-state index in [0.717, 1.165) is 33.1 Å². The van der Waals surface area contributed by atoms with Crippen molar-refractivity contribution >= 4 is 33.7 Å². The number of fused-ring (bicyclic) bond motifs is 3. The van der Waals surface area contributed by atoms with Gasteiger partial charge in [-0.15, -0.1) is 0 Å². The second kappa shape index (κ2) is 8.91. The normalized spacial score (nSPS) is 11.4. The van der Waals surface area contributed by atoms with Crippen molar-refractivity contribution in [3.05, 3.63) is 83.2 Å². The van der Waals surface area contributed by atoms with Crippen LogP contribution < -0.4 is 11.0 Å². The number of hydrogen-bond acceptors (Lipinski definition) is 6. The fraction of sp³-hybridized carbons (Fsp3) is 0.179. The first-order valence-electron chi connectivity index (χ1n) is 11.6. The molecule has 0 radical (unpaired) electrons. The predicted octanol–water partition coefficient (Wildman–Crippen LogP) is 4.92. The number of hydrogen-bond donors (Lipinski definition) is 1. The van der Waals surface area contributed by atoms with Crippen LogP contribution in [0.15, 0.2) is 71.9 Å². The van der Waals surface area contributed by atoms with Crippen LogP contribution in [0.3, 0.4) is 0 Å². The molecule has 184 valence electrons. The van der Waals surface area contributed by atoms with Crippen molar-refractivity contribution < 1.29 is 9.53 Å². The lowest BCUT2D eigenvalue weighted by Gasteiger charge is -2.16. The number of amides is 1. The van der Waals surface area contributed by atoms with Crippen molar-refractivity contribution in [2.24, 2.45) is 7.05 Å². The molecule has 1 N–H and O–H groups in total. The molecule has 5 rings (SSSR count). The smallest absolute Gasteiger partial charge is 0.411 e. The van der Waals surface area contributed by atoms with E-state index < -0.39 is 11.5 Å². The molecule has 9 nitrogen and oxygen atoms in total. The number of imidazole rings is 1. The lowest BCUT2D eigenvalue weighted by molar-refractivity contribution is 0.187. The van der Waals surface area contributed by atoms with Gasteiger partial charge >= 0.3 is 11.8 Å². The van der Waals surface area contributed by atoms with E-state index >= 15 is 0 Å². The summed E-state index contributed by atoms with van der Waals surface area (Å²) in [7, 11) is 3.02. The summed E-state index contributed by atoms with van der Waals surface area (Å²) in [6.45, 7) is 3.72. The van der Waals surface area contributed by atoms with Crippen LogP contribution in [0.25, 0.3) is 38.8 Å². The lowest BCUT2D eigenvalue weighted by atomic mass is 9.86. The third-order valence-electron chi connectivity index (χ3n) is 6.51. The molecule has 37 heavy (non-hydrogen) atoms. The predicted molar refractivity (Wildman–Crippen MR) is 142 cm³/mol. The Morgan fingerprint density at radius 1 is 1.05 bits per heavy atom. The van der Waals surface area contributed by atoms with Gasteiger partial charge in [0.2, 0.25) is 0 Å². The van der Waals surface area contributed by atoms with Gasteiger partial charge in [0, 0.05) is 24.2 Å². The van der Waals surface area contributed by atoms with E-state index in [1.165, 1.54) is 13.3 Å². The maximum Gasteiger partial charge on any atom is 0.411 e. The number of pyridine rings is 2. The van der Waals surface area contributed by atoms with Crippen molar-refractivity contribution in [2.45, 2.75) is 19.3 Å². The van der Waals surface area contributed by atoms with Crippen molar-refractivity contribution in [2.75, 3.05) is 12.4 Å². The van der Waals surface area contributed by atoms with Crippen molar-refractivity contribution in [3.63, 3.8) is 0 Å². The van der Waals surface area contributed by atoms with Crippen LogP contribution in [0.2, 0.25) is 0 Å². The molecular weight excluding hydrogens is 468 g/mol. The molecule has 0 bridgehead atoms. The number of benzene rings is 2. The fourth-order valence-corrected chi connectivity index (χ4v) is 4.34. The van der Waals surface area contributed by atoms with E-state index in [1.54, 1.807) is 34.6 Å². The Bertz CT molecular complexity index is 1770. The minimum absolute atomic E-state index is 0.201. The third-order valence-corrected chi connectivity index (χ3v) is 6.51. The first-order valence-corrected chi connectivity index (χ1v) is 11.6. The molecule has 3 aromatic heterocycles. The highest BCUT2D eigenvalue weighted by atomic mass is 16.5. The van der Waals surface area contributed by atoms with E-state index in [1.807, 2.05) is 56.3 Å². The Morgan fingerprint density at radius 3 is 2.51 bits per heavy atom. The van der Waals surface area contributed by atoms with E-state index in [2.05, 4.69) is 26.1 Å². The van der Waals surface area contributed by atoms with Crippen LogP contribution in [0.4, 0.5) is 10.5 Å². The molecule has 3 heterocycles. The Morgan fingerprint density at radius 2 is 1.81 bits per heavy atom. The first-order chi connectivity index (χ1) is 17.7. The van der Waals surface area contributed by atoms with E-state index in [-0.39, 0.29) is 5.69 Å². The quantitative estimate of drug-likeness (QED) is 0.381. The number of aryl methyl sites for hydroxylation is 1. The van der Waals surface area contributed by atoms with Gasteiger partial charge in [0.25, 0.3) is 0 Å². The summed E-state index contributed by atoms with van der Waals surface area (Å²) in [6.07, 6.45) is 4.35. The molecule has 0 aliphatic heterocycles. The van der Waals surface area contributed by atoms with E-state index in [9.17, 15) is 14.9 Å². The molecule has 0 fully saturated rings. The van der Waals surface area contributed by atoms with Gasteiger partial charge in [-0.3, -0.25) is 24.4 Å². The summed E-state index contributed by atoms with van der Waals surface area (Å²) in [5.41, 5.74) is 4.99. The Balaban J connectivity index is 1.70. The van der Waals surface area contributed by atoms with Crippen LogP contribution in [0.5, 0.6) is 0 Å². The topological polar surface area (TPSA) is 115 Å². The second-order valence-electron chi connectivity index (χ2n) is 9.26. The maximum atomic E-state index is 13.4. The monoisotopic (exact) mass is 492 g/mol. The summed E-state index contributed by atoms with van der Waals surface area (Å²) >= 11 is 0. The number of anilines is 1. The van der Waals surface area contributed by atoms with Gasteiger partial charge in [-0.1, -0.05) is 18.2 Å². The van der Waals surface area contributed by atoms with Gasteiger partial charge in [0.1, 0.15) is 0 Å². The third kappa shape index (κ3) is 4.08. The Hall–Kier alpha value is -4.97. The zero-order valence-corrected chi connectivity index (χ0v) is 20.8. The highest BCUT2D eigenvalue weighted by Gasteiger charge is 2.21. The van der Waals surface area contributed by atoms with Crippen LogP contribution in [-0.4, -0.2) is 32.3 Å². The average Bonchev–Trinajstić information content (AvgIpc) is 3.18. The number of methoxy groups -OCH3 is 1. The SMILES string of the molecule is COC(=O)Nc1cncc(-c2ccc3ncc4c(c3c2)n(-c2ccc(C(C)(C)C#N)cc2)c(=O)n4C)c1. The summed E-state index contributed by atoms with van der Waals surface area (Å²) in [4.78, 5) is 33.8. The summed E-state index contributed by atoms with van der Waals surface area (Å²) in [5, 5.41) is 12.9. The number of ether oxygens (including phenoxy) is 1. The Labute approximate surface area is 212 Å². The van der Waals surface area contributed by atoms with Crippen molar-refractivity contribution in [3.8, 4) is 22.9 Å². The minimum Gasteiger partial charge on any atom is -0.453 e. The second-order valence-corrected chi connectivity index (χ2v) is 9.26. The highest BCUT2D eigenvalue weighted by Crippen LogP contribution is 2.31. The molecular formula is C28H24N6O3. The number of rotatable bonds is 4. The van der Waals surface area contributed by atoms with Crippen molar-refractivity contribution in [1.82, 2.24) is 19.1 Å². The average molecular weight is 493 g/mol. The number of aromatic nitrogens is 4. The standard InChI is InChI=1S/C28H24N6O3/c1-28(2,16-29)19-6-8-21(9-7-19)34-25-22-12-17(18-11-20(14-30-13-18)32-26(35)37-4)5-10-23(22)31-15-24(25)33(3)27(34)36/h5-15H,1-4H3,(H,32,35). The first kappa shape index (κ1) is 23.8. The van der Waals surface area contributed by atoms with Crippen LogP contribution in [-0.2, 0) is 17.2 Å². The fourth-order valence-electron chi connectivity index (χ4n) is 4.34. The summed E-state index contributed by atoms with van der Waals surface area (Å²) in [5.74, 6) is 0. The molecule has 5 aromatic rings. The molecule has 0 unspecified atom stereocenters. The molecule has 9 heteroatoms. The van der Waals surface area contributed by atoms with E-state index in [4.69, 9.17) is 0 Å². The van der Waals surface area contributed by atoms with Gasteiger partial charge in [-0.25, -0.2) is 9.59 Å². The van der Waals surface area contributed by atoms with Crippen LogP contribution in [0.1, 0.15) is 19.4 Å². The zero-order valence-electron chi connectivity index (χ0n) is 20.8. The highest BCUT2D eigenvalue weighted by molar-refractivity contribution is 6.04. The maximum absolute atomic E-state index is 13.4. The number of nitrogens with one attached hydrogen (secondary N) is 1. The largest absolute Gasteiger partial charge is 0.453 e. The number of nitrogens with zero attached hydrogens (tertiary/aromatic N) is 5. The molecule has 2 aromatic carbocycles.